The van der Waals surface area contributed by atoms with Crippen LogP contribution in [-0.4, -0.2) is 18.2 Å². The minimum atomic E-state index is -0.639. The molecular weight excluding hydrogens is 240 g/mol. The quantitative estimate of drug-likeness (QED) is 0.883. The summed E-state index contributed by atoms with van der Waals surface area (Å²) < 4.78 is 5.32. The minimum Gasteiger partial charge on any atom is -0.496 e. The molecule has 0 heterocycles. The van der Waals surface area contributed by atoms with E-state index in [1.807, 2.05) is 6.07 Å². The van der Waals surface area contributed by atoms with Crippen LogP contribution in [0.2, 0.25) is 0 Å². The van der Waals surface area contributed by atoms with Crippen molar-refractivity contribution in [1.82, 2.24) is 0 Å². The first kappa shape index (κ1) is 13.9. The molecule has 3 atom stereocenters. The summed E-state index contributed by atoms with van der Waals surface area (Å²) in [5.41, 5.74) is 3.76. The molecule has 1 N–H and O–H groups in total. The van der Waals surface area contributed by atoms with E-state index in [9.17, 15) is 4.79 Å². The fraction of sp³-hybridized carbons (Fsp3) is 0.562. The summed E-state index contributed by atoms with van der Waals surface area (Å²) in [4.78, 5) is 10.9. The van der Waals surface area contributed by atoms with Gasteiger partial charge in [0.05, 0.1) is 13.0 Å². The average molecular weight is 262 g/mol. The Hall–Kier alpha value is -1.51. The van der Waals surface area contributed by atoms with Gasteiger partial charge in [-0.2, -0.15) is 0 Å². The van der Waals surface area contributed by atoms with E-state index < -0.39 is 5.97 Å². The number of carbonyl (C=O) groups is 1. The Labute approximate surface area is 114 Å². The van der Waals surface area contributed by atoms with Crippen LogP contribution in [0.5, 0.6) is 5.75 Å². The predicted octanol–water partition coefficient (Wildman–Crippen LogP) is 3.53. The normalized spacial score (nSPS) is 22.9. The lowest BCUT2D eigenvalue weighted by Crippen LogP contribution is -2.04. The third kappa shape index (κ3) is 2.75. The molecule has 3 unspecified atom stereocenters. The monoisotopic (exact) mass is 262 g/mol. The number of carboxylic acid groups (broad SMARTS) is 1. The van der Waals surface area contributed by atoms with Crippen molar-refractivity contribution in [3.63, 3.8) is 0 Å². The molecule has 2 rings (SSSR count). The number of methoxy groups -OCH3 is 1. The van der Waals surface area contributed by atoms with Crippen molar-refractivity contribution >= 4 is 5.97 Å². The summed E-state index contributed by atoms with van der Waals surface area (Å²) in [6, 6.07) is 4.12. The van der Waals surface area contributed by atoms with E-state index in [0.717, 1.165) is 18.6 Å². The molecule has 1 saturated carbocycles. The van der Waals surface area contributed by atoms with Gasteiger partial charge in [-0.25, -0.2) is 0 Å². The molecule has 0 aliphatic heterocycles. The number of rotatable bonds is 5. The summed E-state index contributed by atoms with van der Waals surface area (Å²) >= 11 is 0. The van der Waals surface area contributed by atoms with Crippen LogP contribution in [0.3, 0.4) is 0 Å². The maximum atomic E-state index is 10.9. The first-order valence-corrected chi connectivity index (χ1v) is 6.82. The van der Waals surface area contributed by atoms with E-state index in [4.69, 9.17) is 9.84 Å². The van der Waals surface area contributed by atoms with Crippen molar-refractivity contribution in [3.05, 3.63) is 28.8 Å². The molecule has 1 aliphatic carbocycles. The van der Waals surface area contributed by atoms with Crippen molar-refractivity contribution in [1.29, 1.82) is 0 Å². The highest BCUT2D eigenvalue weighted by Crippen LogP contribution is 2.45. The van der Waals surface area contributed by atoms with Gasteiger partial charge in [0.25, 0.3) is 0 Å². The molecular formula is C16H22O3. The highest BCUT2D eigenvalue weighted by molar-refractivity contribution is 5.73. The van der Waals surface area contributed by atoms with Crippen LogP contribution in [0.15, 0.2) is 12.1 Å². The van der Waals surface area contributed by atoms with Crippen LogP contribution < -0.4 is 4.74 Å². The standard InChI is InChI=1S/C16H22O3/c1-9(7-12-8-14(12)16(17)18)13-5-6-15(19-4)11(3)10(13)2/h5-6,9,12,14H,7-8H2,1-4H3,(H,17,18). The summed E-state index contributed by atoms with van der Waals surface area (Å²) in [6.45, 7) is 6.37. The van der Waals surface area contributed by atoms with Gasteiger partial charge >= 0.3 is 5.97 Å². The van der Waals surface area contributed by atoms with E-state index in [1.165, 1.54) is 16.7 Å². The van der Waals surface area contributed by atoms with Crippen LogP contribution in [-0.2, 0) is 4.79 Å². The van der Waals surface area contributed by atoms with E-state index in [0.29, 0.717) is 11.8 Å². The SMILES string of the molecule is COc1ccc(C(C)CC2CC2C(=O)O)c(C)c1C. The second kappa shape index (κ2) is 5.24. The fourth-order valence-corrected chi connectivity index (χ4v) is 2.96. The van der Waals surface area contributed by atoms with E-state index >= 15 is 0 Å². The average Bonchev–Trinajstić information content (AvgIpc) is 3.11. The molecule has 3 nitrogen and oxygen atoms in total. The number of aliphatic carboxylic acids is 1. The van der Waals surface area contributed by atoms with E-state index in [1.54, 1.807) is 7.11 Å². The van der Waals surface area contributed by atoms with Crippen molar-refractivity contribution in [2.45, 2.75) is 39.5 Å². The van der Waals surface area contributed by atoms with Crippen LogP contribution >= 0.6 is 0 Å². The number of ether oxygens (including phenoxy) is 1. The molecule has 0 bridgehead atoms. The maximum absolute atomic E-state index is 10.9. The van der Waals surface area contributed by atoms with E-state index in [-0.39, 0.29) is 5.92 Å². The molecule has 1 aliphatic rings. The third-order valence-corrected chi connectivity index (χ3v) is 4.43. The van der Waals surface area contributed by atoms with E-state index in [2.05, 4.69) is 26.8 Å². The molecule has 104 valence electrons. The highest BCUT2D eigenvalue weighted by Gasteiger charge is 2.43. The number of hydrogen-bond donors (Lipinski definition) is 1. The van der Waals surface area contributed by atoms with Crippen LogP contribution in [0.25, 0.3) is 0 Å². The number of hydrogen-bond acceptors (Lipinski definition) is 2. The topological polar surface area (TPSA) is 46.5 Å². The fourth-order valence-electron chi connectivity index (χ4n) is 2.96. The van der Waals surface area contributed by atoms with Crippen molar-refractivity contribution < 1.29 is 14.6 Å². The molecule has 1 aromatic carbocycles. The van der Waals surface area contributed by atoms with Gasteiger partial charge in [0, 0.05) is 0 Å². The summed E-state index contributed by atoms with van der Waals surface area (Å²) in [5, 5.41) is 8.96. The Morgan fingerprint density at radius 3 is 2.63 bits per heavy atom. The second-order valence-corrected chi connectivity index (χ2v) is 5.68. The van der Waals surface area contributed by atoms with Gasteiger partial charge in [-0.05, 0) is 61.3 Å². The van der Waals surface area contributed by atoms with Crippen LogP contribution in [0.4, 0.5) is 0 Å². The Morgan fingerprint density at radius 2 is 2.11 bits per heavy atom. The zero-order valence-electron chi connectivity index (χ0n) is 12.1. The molecule has 0 aromatic heterocycles. The molecule has 0 radical (unpaired) electrons. The number of carboxylic acids is 1. The highest BCUT2D eigenvalue weighted by atomic mass is 16.5. The summed E-state index contributed by atoms with van der Waals surface area (Å²) in [5.74, 6) is 0.929. The number of benzene rings is 1. The summed E-state index contributed by atoms with van der Waals surface area (Å²) in [7, 11) is 1.69. The van der Waals surface area contributed by atoms with Gasteiger partial charge in [-0.3, -0.25) is 4.79 Å². The lowest BCUT2D eigenvalue weighted by molar-refractivity contribution is -0.138. The maximum Gasteiger partial charge on any atom is 0.306 e. The molecule has 0 saturated heterocycles. The zero-order valence-corrected chi connectivity index (χ0v) is 12.1. The van der Waals surface area contributed by atoms with Gasteiger partial charge in [-0.1, -0.05) is 13.0 Å². The molecule has 0 amide bonds. The molecule has 1 aromatic rings. The van der Waals surface area contributed by atoms with Crippen molar-refractivity contribution in [2.24, 2.45) is 11.8 Å². The van der Waals surface area contributed by atoms with Gasteiger partial charge in [0.2, 0.25) is 0 Å². The predicted molar refractivity (Wildman–Crippen MR) is 74.7 cm³/mol. The molecule has 3 heteroatoms. The van der Waals surface area contributed by atoms with Gasteiger partial charge < -0.3 is 9.84 Å². The van der Waals surface area contributed by atoms with Crippen LogP contribution in [0, 0.1) is 25.7 Å². The Morgan fingerprint density at radius 1 is 1.42 bits per heavy atom. The molecule has 19 heavy (non-hydrogen) atoms. The molecule has 1 fully saturated rings. The minimum absolute atomic E-state index is 0.109. The largest absolute Gasteiger partial charge is 0.496 e. The van der Waals surface area contributed by atoms with Crippen molar-refractivity contribution in [3.8, 4) is 5.75 Å². The lowest BCUT2D eigenvalue weighted by atomic mass is 9.89. The summed E-state index contributed by atoms with van der Waals surface area (Å²) in [6.07, 6.45) is 1.80. The Balaban J connectivity index is 2.10. The zero-order chi connectivity index (χ0) is 14.2. The molecule has 0 spiro atoms. The Kier molecular flexibility index (Phi) is 3.83. The third-order valence-electron chi connectivity index (χ3n) is 4.43. The first-order valence-electron chi connectivity index (χ1n) is 6.82. The van der Waals surface area contributed by atoms with Crippen molar-refractivity contribution in [2.75, 3.05) is 7.11 Å². The second-order valence-electron chi connectivity index (χ2n) is 5.68. The lowest BCUT2D eigenvalue weighted by Gasteiger charge is -2.18. The van der Waals surface area contributed by atoms with Gasteiger partial charge in [0.15, 0.2) is 0 Å². The smallest absolute Gasteiger partial charge is 0.306 e. The first-order chi connectivity index (χ1) is 8.95. The Bertz CT molecular complexity index is 493. The van der Waals surface area contributed by atoms with Gasteiger partial charge in [-0.15, -0.1) is 0 Å². The van der Waals surface area contributed by atoms with Crippen LogP contribution in [0.1, 0.15) is 42.4 Å². The van der Waals surface area contributed by atoms with Gasteiger partial charge in [0.1, 0.15) is 5.75 Å².